The molecule has 1 aromatic rings. The Kier molecular flexibility index (Phi) is 8.00. The molecule has 30 heavy (non-hydrogen) atoms. The first-order chi connectivity index (χ1) is 14.4. The second-order valence-electron chi connectivity index (χ2n) is 8.26. The van der Waals surface area contributed by atoms with Gasteiger partial charge in [-0.3, -0.25) is 14.4 Å². The zero-order valence-electron chi connectivity index (χ0n) is 17.3. The van der Waals surface area contributed by atoms with Crippen molar-refractivity contribution in [2.45, 2.75) is 64.0 Å². The van der Waals surface area contributed by atoms with E-state index in [-0.39, 0.29) is 39.4 Å². The minimum atomic E-state index is -0.729. The average molecular weight is 454 g/mol. The highest BCUT2D eigenvalue weighted by Gasteiger charge is 2.32. The van der Waals surface area contributed by atoms with E-state index in [2.05, 4.69) is 10.6 Å². The molecule has 8 heteroatoms. The van der Waals surface area contributed by atoms with Crippen molar-refractivity contribution < 1.29 is 14.4 Å². The Morgan fingerprint density at radius 1 is 1.07 bits per heavy atom. The Hall–Kier alpha value is -1.79. The van der Waals surface area contributed by atoms with Gasteiger partial charge in [-0.15, -0.1) is 0 Å². The summed E-state index contributed by atoms with van der Waals surface area (Å²) in [4.78, 5) is 39.8. The molecule has 164 valence electrons. The van der Waals surface area contributed by atoms with E-state index >= 15 is 0 Å². The minimum absolute atomic E-state index is 0.0433. The minimum Gasteiger partial charge on any atom is -0.353 e. The zero-order valence-corrected chi connectivity index (χ0v) is 18.8. The van der Waals surface area contributed by atoms with Gasteiger partial charge in [0, 0.05) is 19.1 Å². The van der Waals surface area contributed by atoms with Crippen LogP contribution >= 0.6 is 23.2 Å². The first-order valence-corrected chi connectivity index (χ1v) is 11.5. The third kappa shape index (κ3) is 5.67. The van der Waals surface area contributed by atoms with Gasteiger partial charge < -0.3 is 15.5 Å². The van der Waals surface area contributed by atoms with Crippen molar-refractivity contribution in [3.05, 3.63) is 33.8 Å². The summed E-state index contributed by atoms with van der Waals surface area (Å²) in [6.45, 7) is 2.62. The summed E-state index contributed by atoms with van der Waals surface area (Å²) < 4.78 is 0. The number of rotatable bonds is 5. The number of nitrogens with zero attached hydrogens (tertiary/aromatic N) is 1. The fourth-order valence-electron chi connectivity index (χ4n) is 4.25. The van der Waals surface area contributed by atoms with Crippen molar-refractivity contribution in [1.29, 1.82) is 0 Å². The molecule has 1 aliphatic heterocycles. The summed E-state index contributed by atoms with van der Waals surface area (Å²) in [5.74, 6) is -0.805. The number of halogens is 2. The molecule has 0 aromatic heterocycles. The topological polar surface area (TPSA) is 78.5 Å². The van der Waals surface area contributed by atoms with E-state index in [0.29, 0.717) is 13.1 Å². The number of piperidine rings is 1. The van der Waals surface area contributed by atoms with Crippen LogP contribution in [0.3, 0.4) is 0 Å². The van der Waals surface area contributed by atoms with E-state index < -0.39 is 11.9 Å². The monoisotopic (exact) mass is 453 g/mol. The average Bonchev–Trinajstić information content (AvgIpc) is 2.75. The molecule has 3 amide bonds. The van der Waals surface area contributed by atoms with Gasteiger partial charge in [-0.25, -0.2) is 0 Å². The van der Waals surface area contributed by atoms with Gasteiger partial charge in [0.1, 0.15) is 6.04 Å². The van der Waals surface area contributed by atoms with Crippen molar-refractivity contribution in [2.24, 2.45) is 5.92 Å². The quantitative estimate of drug-likeness (QED) is 0.711. The molecule has 1 aromatic carbocycles. The van der Waals surface area contributed by atoms with E-state index in [9.17, 15) is 14.4 Å². The second-order valence-corrected chi connectivity index (χ2v) is 9.05. The number of carbonyl (C=O) groups is 3. The number of amides is 3. The Balaban J connectivity index is 1.55. The largest absolute Gasteiger partial charge is 0.353 e. The highest BCUT2D eigenvalue weighted by atomic mass is 35.5. The van der Waals surface area contributed by atoms with Crippen LogP contribution in [0, 0.1) is 5.92 Å². The van der Waals surface area contributed by atoms with Gasteiger partial charge in [0.15, 0.2) is 0 Å². The van der Waals surface area contributed by atoms with Gasteiger partial charge in [0.25, 0.3) is 5.91 Å². The number of carbonyl (C=O) groups excluding carboxylic acids is 3. The molecule has 2 atom stereocenters. The summed E-state index contributed by atoms with van der Waals surface area (Å²) in [6.07, 6.45) is 7.19. The summed E-state index contributed by atoms with van der Waals surface area (Å²) in [5.41, 5.74) is 0.229. The lowest BCUT2D eigenvalue weighted by molar-refractivity contribution is -0.137. The second kappa shape index (κ2) is 10.5. The highest BCUT2D eigenvalue weighted by molar-refractivity contribution is 6.43. The predicted octanol–water partition coefficient (Wildman–Crippen LogP) is 3.80. The molecule has 0 bridgehead atoms. The van der Waals surface area contributed by atoms with Gasteiger partial charge in [-0.05, 0) is 44.7 Å². The maximum atomic E-state index is 12.9. The molecule has 1 heterocycles. The van der Waals surface area contributed by atoms with Crippen molar-refractivity contribution in [3.8, 4) is 0 Å². The SMILES string of the molecule is CC(NC(=O)c1cccc(Cl)c1Cl)C(=O)N1CCCC(C(=O)NC2CCCCC2)C1. The molecule has 2 aliphatic rings. The van der Waals surface area contributed by atoms with Crippen molar-refractivity contribution in [1.82, 2.24) is 15.5 Å². The van der Waals surface area contributed by atoms with Gasteiger partial charge in [-0.1, -0.05) is 48.5 Å². The molecule has 2 N–H and O–H groups in total. The van der Waals surface area contributed by atoms with Crippen molar-refractivity contribution in [2.75, 3.05) is 13.1 Å². The molecule has 0 spiro atoms. The third-order valence-corrected chi connectivity index (χ3v) is 6.79. The highest BCUT2D eigenvalue weighted by Crippen LogP contribution is 2.26. The first kappa shape index (κ1) is 22.9. The summed E-state index contributed by atoms with van der Waals surface area (Å²) in [5, 5.41) is 6.31. The van der Waals surface area contributed by atoms with Crippen LogP contribution in [0.2, 0.25) is 10.0 Å². The zero-order chi connectivity index (χ0) is 21.7. The predicted molar refractivity (Wildman–Crippen MR) is 118 cm³/mol. The van der Waals surface area contributed by atoms with Gasteiger partial charge in [0.05, 0.1) is 21.5 Å². The van der Waals surface area contributed by atoms with Crippen LogP contribution in [0.1, 0.15) is 62.2 Å². The van der Waals surface area contributed by atoms with Crippen LogP contribution in [-0.4, -0.2) is 47.8 Å². The van der Waals surface area contributed by atoms with Gasteiger partial charge >= 0.3 is 0 Å². The van der Waals surface area contributed by atoms with Crippen LogP contribution in [0.5, 0.6) is 0 Å². The third-order valence-electron chi connectivity index (χ3n) is 5.97. The Morgan fingerprint density at radius 2 is 1.80 bits per heavy atom. The molecule has 1 saturated heterocycles. The number of hydrogen-bond donors (Lipinski definition) is 2. The fourth-order valence-corrected chi connectivity index (χ4v) is 4.63. The summed E-state index contributed by atoms with van der Waals surface area (Å²) in [7, 11) is 0. The number of nitrogens with one attached hydrogen (secondary N) is 2. The van der Waals surface area contributed by atoms with Crippen LogP contribution in [0.25, 0.3) is 0 Å². The van der Waals surface area contributed by atoms with E-state index in [1.54, 1.807) is 30.0 Å². The van der Waals surface area contributed by atoms with E-state index in [1.807, 2.05) is 0 Å². The standard InChI is InChI=1S/C22H29Cl2N3O3/c1-14(25-21(29)17-10-5-11-18(23)19(17)24)22(30)27-12-6-7-15(13-27)20(28)26-16-8-3-2-4-9-16/h5,10-11,14-16H,2-4,6-9,12-13H2,1H3,(H,25,29)(H,26,28). The van der Waals surface area contributed by atoms with Crippen LogP contribution in [0.15, 0.2) is 18.2 Å². The number of hydrogen-bond acceptors (Lipinski definition) is 3. The van der Waals surface area contributed by atoms with E-state index in [1.165, 1.54) is 6.42 Å². The van der Waals surface area contributed by atoms with E-state index in [0.717, 1.165) is 38.5 Å². The van der Waals surface area contributed by atoms with Crippen molar-refractivity contribution >= 4 is 40.9 Å². The normalized spacial score (nSPS) is 21.0. The van der Waals surface area contributed by atoms with Gasteiger partial charge in [-0.2, -0.15) is 0 Å². The number of benzene rings is 1. The van der Waals surface area contributed by atoms with Crippen molar-refractivity contribution in [3.63, 3.8) is 0 Å². The van der Waals surface area contributed by atoms with Crippen LogP contribution < -0.4 is 10.6 Å². The molecule has 6 nitrogen and oxygen atoms in total. The molecule has 2 unspecified atom stereocenters. The van der Waals surface area contributed by atoms with E-state index in [4.69, 9.17) is 23.2 Å². The molecule has 0 radical (unpaired) electrons. The summed E-state index contributed by atoms with van der Waals surface area (Å²) in [6, 6.07) is 4.33. The molecule has 3 rings (SSSR count). The fraction of sp³-hybridized carbons (Fsp3) is 0.591. The smallest absolute Gasteiger partial charge is 0.253 e. The molecule has 2 fully saturated rings. The molecular formula is C22H29Cl2N3O3. The maximum Gasteiger partial charge on any atom is 0.253 e. The molecule has 1 aliphatic carbocycles. The lowest BCUT2D eigenvalue weighted by atomic mass is 9.93. The Morgan fingerprint density at radius 3 is 2.53 bits per heavy atom. The molecular weight excluding hydrogens is 425 g/mol. The maximum absolute atomic E-state index is 12.9. The summed E-state index contributed by atoms with van der Waals surface area (Å²) >= 11 is 12.1. The first-order valence-electron chi connectivity index (χ1n) is 10.7. The Labute approximate surface area is 187 Å². The van der Waals surface area contributed by atoms with Crippen LogP contribution in [-0.2, 0) is 9.59 Å². The molecule has 1 saturated carbocycles. The van der Waals surface area contributed by atoms with Gasteiger partial charge in [0.2, 0.25) is 11.8 Å². The lowest BCUT2D eigenvalue weighted by Gasteiger charge is -2.35. The Bertz CT molecular complexity index is 796. The number of likely N-dealkylation sites (tertiary alicyclic amines) is 1. The lowest BCUT2D eigenvalue weighted by Crippen LogP contribution is -2.52. The van der Waals surface area contributed by atoms with Crippen LogP contribution in [0.4, 0.5) is 0 Å².